The van der Waals surface area contributed by atoms with Crippen LogP contribution in [0.2, 0.25) is 0 Å². The van der Waals surface area contributed by atoms with E-state index in [1.807, 2.05) is 63.2 Å². The van der Waals surface area contributed by atoms with Crippen LogP contribution in [0, 0.1) is 6.92 Å². The summed E-state index contributed by atoms with van der Waals surface area (Å²) in [7, 11) is -3.55. The molecule has 3 nitrogen and oxygen atoms in total. The highest BCUT2D eigenvalue weighted by molar-refractivity contribution is 7.89. The van der Waals surface area contributed by atoms with Gasteiger partial charge < -0.3 is 0 Å². The molecule has 1 heterocycles. The Bertz CT molecular complexity index is 836. The van der Waals surface area contributed by atoms with Crippen molar-refractivity contribution in [2.75, 3.05) is 0 Å². The molecule has 0 aliphatic carbocycles. The fourth-order valence-electron chi connectivity index (χ4n) is 2.96. The zero-order valence-electron chi connectivity index (χ0n) is 12.9. The van der Waals surface area contributed by atoms with Gasteiger partial charge in [-0.25, -0.2) is 8.42 Å². The highest BCUT2D eigenvalue weighted by Crippen LogP contribution is 2.37. The molecule has 1 aliphatic heterocycles. The SMILES string of the molecule is CC1=Cc2ccccc2[C@H](C)N1S(=O)(=O)c1ccc(C)cc1. The molecule has 4 heteroatoms. The molecule has 2 aromatic rings. The first kappa shape index (κ1) is 14.9. The minimum absolute atomic E-state index is 0.215. The Morgan fingerprint density at radius 3 is 2.27 bits per heavy atom. The summed E-state index contributed by atoms with van der Waals surface area (Å²) in [4.78, 5) is 0.331. The molecule has 0 amide bonds. The van der Waals surface area contributed by atoms with Crippen LogP contribution in [0.15, 0.2) is 59.1 Å². The average Bonchev–Trinajstić information content (AvgIpc) is 2.47. The average molecular weight is 313 g/mol. The van der Waals surface area contributed by atoms with Crippen molar-refractivity contribution in [1.82, 2.24) is 4.31 Å². The Kier molecular flexibility index (Phi) is 3.57. The predicted octanol–water partition coefficient (Wildman–Crippen LogP) is 4.12. The number of aryl methyl sites for hydroxylation is 1. The van der Waals surface area contributed by atoms with Crippen molar-refractivity contribution in [3.63, 3.8) is 0 Å². The van der Waals surface area contributed by atoms with Crippen LogP contribution in [0.1, 0.15) is 36.6 Å². The first-order valence-corrected chi connectivity index (χ1v) is 8.73. The lowest BCUT2D eigenvalue weighted by molar-refractivity contribution is 0.402. The number of rotatable bonds is 2. The largest absolute Gasteiger partial charge is 0.264 e. The van der Waals surface area contributed by atoms with Gasteiger partial charge in [-0.3, -0.25) is 4.31 Å². The minimum atomic E-state index is -3.55. The lowest BCUT2D eigenvalue weighted by Crippen LogP contribution is -2.34. The van der Waals surface area contributed by atoms with Crippen LogP contribution in [-0.2, 0) is 10.0 Å². The van der Waals surface area contributed by atoms with Gasteiger partial charge in [0, 0.05) is 5.70 Å². The summed E-state index contributed by atoms with van der Waals surface area (Å²) in [6.07, 6.45) is 1.93. The quantitative estimate of drug-likeness (QED) is 0.836. The summed E-state index contributed by atoms with van der Waals surface area (Å²) in [5.41, 5.74) is 3.90. The highest BCUT2D eigenvalue weighted by atomic mass is 32.2. The molecule has 1 aliphatic rings. The molecule has 0 fully saturated rings. The van der Waals surface area contributed by atoms with Crippen LogP contribution >= 0.6 is 0 Å². The molecule has 3 rings (SSSR count). The number of allylic oxidation sites excluding steroid dienone is 1. The van der Waals surface area contributed by atoms with Crippen LogP contribution in [-0.4, -0.2) is 12.7 Å². The van der Waals surface area contributed by atoms with Gasteiger partial charge in [0.1, 0.15) is 0 Å². The predicted molar refractivity (Wildman–Crippen MR) is 88.7 cm³/mol. The maximum atomic E-state index is 13.0. The fraction of sp³-hybridized carbons (Fsp3) is 0.222. The van der Waals surface area contributed by atoms with E-state index in [1.54, 1.807) is 12.1 Å². The van der Waals surface area contributed by atoms with Gasteiger partial charge in [-0.2, -0.15) is 0 Å². The van der Waals surface area contributed by atoms with E-state index in [1.165, 1.54) is 4.31 Å². The smallest absolute Gasteiger partial charge is 0.263 e. The molecule has 0 aromatic heterocycles. The Labute approximate surface area is 132 Å². The molecule has 114 valence electrons. The number of hydrogen-bond donors (Lipinski definition) is 0. The van der Waals surface area contributed by atoms with Gasteiger partial charge in [0.25, 0.3) is 10.0 Å². The van der Waals surface area contributed by atoms with Crippen molar-refractivity contribution in [2.45, 2.75) is 31.7 Å². The van der Waals surface area contributed by atoms with Crippen LogP contribution in [0.4, 0.5) is 0 Å². The molecule has 2 aromatic carbocycles. The van der Waals surface area contributed by atoms with Gasteiger partial charge in [0.15, 0.2) is 0 Å². The number of benzene rings is 2. The van der Waals surface area contributed by atoms with Crippen molar-refractivity contribution in [3.05, 3.63) is 70.9 Å². The van der Waals surface area contributed by atoms with E-state index in [0.717, 1.165) is 22.4 Å². The highest BCUT2D eigenvalue weighted by Gasteiger charge is 2.33. The van der Waals surface area contributed by atoms with Crippen molar-refractivity contribution >= 4 is 16.1 Å². The van der Waals surface area contributed by atoms with Gasteiger partial charge in [-0.15, -0.1) is 0 Å². The monoisotopic (exact) mass is 313 g/mol. The topological polar surface area (TPSA) is 37.4 Å². The summed E-state index contributed by atoms with van der Waals surface area (Å²) < 4.78 is 27.5. The molecule has 0 N–H and O–H groups in total. The number of hydrogen-bond acceptors (Lipinski definition) is 2. The second-order valence-electron chi connectivity index (χ2n) is 5.70. The van der Waals surface area contributed by atoms with Gasteiger partial charge in [0.05, 0.1) is 10.9 Å². The maximum Gasteiger partial charge on any atom is 0.264 e. The Morgan fingerprint density at radius 1 is 0.955 bits per heavy atom. The minimum Gasteiger partial charge on any atom is -0.263 e. The van der Waals surface area contributed by atoms with E-state index in [4.69, 9.17) is 0 Å². The standard InChI is InChI=1S/C18H19NO2S/c1-13-8-10-17(11-9-13)22(20,21)19-14(2)12-16-6-4-5-7-18(16)15(19)3/h4-12,15H,1-3H3/t15-/m0/s1. The molecular weight excluding hydrogens is 294 g/mol. The molecule has 0 bridgehead atoms. The first-order chi connectivity index (χ1) is 10.4. The molecule has 22 heavy (non-hydrogen) atoms. The van der Waals surface area contributed by atoms with Crippen molar-refractivity contribution in [1.29, 1.82) is 0 Å². The molecule has 0 spiro atoms. The second-order valence-corrected chi connectivity index (χ2v) is 7.52. The van der Waals surface area contributed by atoms with E-state index >= 15 is 0 Å². The van der Waals surface area contributed by atoms with Crippen LogP contribution in [0.25, 0.3) is 6.08 Å². The zero-order valence-corrected chi connectivity index (χ0v) is 13.8. The normalized spacial score (nSPS) is 17.9. The Balaban J connectivity index is 2.10. The van der Waals surface area contributed by atoms with E-state index < -0.39 is 10.0 Å². The van der Waals surface area contributed by atoms with E-state index in [-0.39, 0.29) is 6.04 Å². The number of fused-ring (bicyclic) bond motifs is 1. The van der Waals surface area contributed by atoms with Gasteiger partial charge in [0.2, 0.25) is 0 Å². The van der Waals surface area contributed by atoms with Crippen molar-refractivity contribution < 1.29 is 8.42 Å². The lowest BCUT2D eigenvalue weighted by atomic mass is 9.97. The zero-order chi connectivity index (χ0) is 15.9. The number of nitrogens with zero attached hydrogens (tertiary/aromatic N) is 1. The van der Waals surface area contributed by atoms with Crippen LogP contribution < -0.4 is 0 Å². The molecule has 0 saturated heterocycles. The van der Waals surface area contributed by atoms with E-state index in [0.29, 0.717) is 4.90 Å². The maximum absolute atomic E-state index is 13.0. The summed E-state index contributed by atoms with van der Waals surface area (Å²) in [6, 6.07) is 14.7. The summed E-state index contributed by atoms with van der Waals surface area (Å²) in [6.45, 7) is 5.72. The Hall–Kier alpha value is -2.07. The van der Waals surface area contributed by atoms with E-state index in [9.17, 15) is 8.42 Å². The van der Waals surface area contributed by atoms with Crippen LogP contribution in [0.3, 0.4) is 0 Å². The lowest BCUT2D eigenvalue weighted by Gasteiger charge is -2.35. The molecule has 0 saturated carbocycles. The molecule has 1 atom stereocenters. The summed E-state index contributed by atoms with van der Waals surface area (Å²) in [5, 5.41) is 0. The third-order valence-electron chi connectivity index (χ3n) is 4.09. The van der Waals surface area contributed by atoms with Crippen molar-refractivity contribution in [2.24, 2.45) is 0 Å². The van der Waals surface area contributed by atoms with Gasteiger partial charge >= 0.3 is 0 Å². The number of sulfonamides is 1. The molecular formula is C18H19NO2S. The molecule has 0 radical (unpaired) electrons. The third-order valence-corrected chi connectivity index (χ3v) is 6.08. The first-order valence-electron chi connectivity index (χ1n) is 7.29. The Morgan fingerprint density at radius 2 is 1.59 bits per heavy atom. The summed E-state index contributed by atoms with van der Waals surface area (Å²) in [5.74, 6) is 0. The second kappa shape index (κ2) is 5.29. The van der Waals surface area contributed by atoms with Crippen LogP contribution in [0.5, 0.6) is 0 Å². The van der Waals surface area contributed by atoms with Gasteiger partial charge in [-0.05, 0) is 50.1 Å². The van der Waals surface area contributed by atoms with Gasteiger partial charge in [-0.1, -0.05) is 42.0 Å². The third kappa shape index (κ3) is 2.33. The summed E-state index contributed by atoms with van der Waals surface area (Å²) >= 11 is 0. The fourth-order valence-corrected chi connectivity index (χ4v) is 4.63. The van der Waals surface area contributed by atoms with Crippen molar-refractivity contribution in [3.8, 4) is 0 Å². The molecule has 0 unspecified atom stereocenters. The van der Waals surface area contributed by atoms with E-state index in [2.05, 4.69) is 0 Å².